The molecule has 1 aromatic rings. The minimum Gasteiger partial charge on any atom is -0.314 e. The summed E-state index contributed by atoms with van der Waals surface area (Å²) in [5.74, 6) is 0. The largest absolute Gasteiger partial charge is 0.314 e. The molecule has 0 saturated carbocycles. The average Bonchev–Trinajstić information content (AvgIpc) is 2.64. The molecule has 1 aromatic heterocycles. The van der Waals surface area contributed by atoms with Crippen LogP contribution in [0.15, 0.2) is 4.47 Å². The van der Waals surface area contributed by atoms with Crippen molar-refractivity contribution in [1.82, 2.24) is 15.1 Å². The third-order valence-electron chi connectivity index (χ3n) is 3.86. The molecule has 1 N–H and O–H groups in total. The highest BCUT2D eigenvalue weighted by Gasteiger charge is 2.23. The molecular formula is C16H30BrN3. The highest BCUT2D eigenvalue weighted by molar-refractivity contribution is 9.10. The zero-order valence-electron chi connectivity index (χ0n) is 13.9. The smallest absolute Gasteiger partial charge is 0.0738 e. The van der Waals surface area contributed by atoms with Crippen molar-refractivity contribution in [3.8, 4) is 0 Å². The van der Waals surface area contributed by atoms with Gasteiger partial charge in [-0.1, -0.05) is 27.7 Å². The van der Waals surface area contributed by atoms with Crippen LogP contribution in [-0.2, 0) is 13.0 Å². The first-order valence-corrected chi connectivity index (χ1v) is 8.55. The first-order valence-electron chi connectivity index (χ1n) is 7.76. The molecule has 0 fully saturated rings. The van der Waals surface area contributed by atoms with E-state index < -0.39 is 0 Å². The predicted molar refractivity (Wildman–Crippen MR) is 90.2 cm³/mol. The molecule has 4 heteroatoms. The van der Waals surface area contributed by atoms with Gasteiger partial charge < -0.3 is 5.32 Å². The summed E-state index contributed by atoms with van der Waals surface area (Å²) in [7, 11) is 0. The minimum atomic E-state index is 0.314. The number of aromatic nitrogens is 2. The summed E-state index contributed by atoms with van der Waals surface area (Å²) in [5.41, 5.74) is 2.75. The molecule has 116 valence electrons. The van der Waals surface area contributed by atoms with E-state index in [2.05, 4.69) is 72.6 Å². The third kappa shape index (κ3) is 4.59. The molecule has 0 saturated heterocycles. The Kier molecular flexibility index (Phi) is 6.73. The van der Waals surface area contributed by atoms with Gasteiger partial charge in [0.15, 0.2) is 0 Å². The maximum absolute atomic E-state index is 4.57. The Bertz CT molecular complexity index is 418. The fourth-order valence-corrected chi connectivity index (χ4v) is 3.15. The number of hydrogen-bond donors (Lipinski definition) is 1. The van der Waals surface area contributed by atoms with E-state index in [4.69, 9.17) is 0 Å². The number of halogens is 1. The van der Waals surface area contributed by atoms with Gasteiger partial charge in [0.25, 0.3) is 0 Å². The Morgan fingerprint density at radius 2 is 1.95 bits per heavy atom. The Balaban J connectivity index is 2.63. The molecule has 20 heavy (non-hydrogen) atoms. The second kappa shape index (κ2) is 7.60. The van der Waals surface area contributed by atoms with Crippen molar-refractivity contribution >= 4 is 15.9 Å². The monoisotopic (exact) mass is 343 g/mol. The first-order chi connectivity index (χ1) is 9.31. The number of hydrogen-bond acceptors (Lipinski definition) is 2. The van der Waals surface area contributed by atoms with E-state index in [1.165, 1.54) is 23.0 Å². The van der Waals surface area contributed by atoms with Gasteiger partial charge in [-0.3, -0.25) is 4.68 Å². The molecule has 0 aromatic carbocycles. The van der Waals surface area contributed by atoms with E-state index in [0.29, 0.717) is 11.5 Å². The summed E-state index contributed by atoms with van der Waals surface area (Å²) in [6.45, 7) is 15.3. The van der Waals surface area contributed by atoms with E-state index in [1.54, 1.807) is 0 Å². The van der Waals surface area contributed by atoms with Gasteiger partial charge in [-0.2, -0.15) is 5.10 Å². The van der Waals surface area contributed by atoms with Crippen molar-refractivity contribution in [3.05, 3.63) is 15.9 Å². The van der Waals surface area contributed by atoms with Crippen LogP contribution < -0.4 is 5.32 Å². The van der Waals surface area contributed by atoms with Gasteiger partial charge in [0.05, 0.1) is 15.9 Å². The zero-order chi connectivity index (χ0) is 15.3. The Labute approximate surface area is 132 Å². The van der Waals surface area contributed by atoms with E-state index in [1.807, 2.05) is 0 Å². The van der Waals surface area contributed by atoms with Gasteiger partial charge in [0, 0.05) is 12.6 Å². The molecule has 0 amide bonds. The number of nitrogens with one attached hydrogen (secondary N) is 1. The maximum atomic E-state index is 4.57. The molecule has 0 bridgehead atoms. The molecule has 1 atom stereocenters. The van der Waals surface area contributed by atoms with Crippen LogP contribution in [0, 0.1) is 12.3 Å². The van der Waals surface area contributed by atoms with E-state index in [9.17, 15) is 0 Å². The van der Waals surface area contributed by atoms with Crippen molar-refractivity contribution in [1.29, 1.82) is 0 Å². The van der Waals surface area contributed by atoms with E-state index in [0.717, 1.165) is 25.2 Å². The molecule has 0 aliphatic rings. The lowest BCUT2D eigenvalue weighted by molar-refractivity contribution is 0.254. The summed E-state index contributed by atoms with van der Waals surface area (Å²) < 4.78 is 3.31. The predicted octanol–water partition coefficient (Wildman–Crippen LogP) is 4.32. The summed E-state index contributed by atoms with van der Waals surface area (Å²) in [6.07, 6.45) is 3.49. The minimum absolute atomic E-state index is 0.314. The summed E-state index contributed by atoms with van der Waals surface area (Å²) in [5, 5.41) is 8.19. The Morgan fingerprint density at radius 3 is 2.45 bits per heavy atom. The lowest BCUT2D eigenvalue weighted by Gasteiger charge is -2.31. The molecule has 0 aliphatic heterocycles. The van der Waals surface area contributed by atoms with Crippen LogP contribution in [0.1, 0.15) is 58.8 Å². The van der Waals surface area contributed by atoms with Gasteiger partial charge in [-0.05, 0) is 61.0 Å². The highest BCUT2D eigenvalue weighted by atomic mass is 79.9. The molecule has 0 spiro atoms. The normalized spacial score (nSPS) is 13.8. The van der Waals surface area contributed by atoms with Crippen LogP contribution in [0.3, 0.4) is 0 Å². The van der Waals surface area contributed by atoms with Crippen LogP contribution in [-0.4, -0.2) is 22.4 Å². The van der Waals surface area contributed by atoms with Gasteiger partial charge >= 0.3 is 0 Å². The van der Waals surface area contributed by atoms with E-state index >= 15 is 0 Å². The fourth-order valence-electron chi connectivity index (χ4n) is 2.67. The van der Waals surface area contributed by atoms with Crippen molar-refractivity contribution in [2.75, 3.05) is 6.54 Å². The molecule has 0 aliphatic carbocycles. The van der Waals surface area contributed by atoms with Crippen molar-refractivity contribution in [2.24, 2.45) is 5.41 Å². The summed E-state index contributed by atoms with van der Waals surface area (Å²) >= 11 is 3.68. The van der Waals surface area contributed by atoms with Gasteiger partial charge in [-0.15, -0.1) is 0 Å². The van der Waals surface area contributed by atoms with Crippen LogP contribution in [0.5, 0.6) is 0 Å². The molecule has 3 nitrogen and oxygen atoms in total. The molecule has 1 rings (SSSR count). The fraction of sp³-hybridized carbons (Fsp3) is 0.812. The maximum Gasteiger partial charge on any atom is 0.0738 e. The zero-order valence-corrected chi connectivity index (χ0v) is 15.5. The first kappa shape index (κ1) is 17.7. The lowest BCUT2D eigenvalue weighted by atomic mass is 9.83. The lowest BCUT2D eigenvalue weighted by Crippen LogP contribution is -2.40. The standard InChI is InChI=1S/C16H30BrN3/c1-7-18-14(16(4,5)6)11-9-10-13-15(17)12(3)19-20(13)8-2/h14,18H,7-11H2,1-6H3. The molecule has 1 heterocycles. The van der Waals surface area contributed by atoms with Gasteiger partial charge in [-0.25, -0.2) is 0 Å². The van der Waals surface area contributed by atoms with E-state index in [-0.39, 0.29) is 0 Å². The Hall–Kier alpha value is -0.350. The Morgan fingerprint density at radius 1 is 1.30 bits per heavy atom. The van der Waals surface area contributed by atoms with Crippen LogP contribution in [0.4, 0.5) is 0 Å². The number of rotatable bonds is 7. The highest BCUT2D eigenvalue weighted by Crippen LogP contribution is 2.26. The summed E-state index contributed by atoms with van der Waals surface area (Å²) in [6, 6.07) is 0.574. The second-order valence-electron chi connectivity index (χ2n) is 6.53. The number of nitrogens with zero attached hydrogens (tertiary/aromatic N) is 2. The molecule has 0 radical (unpaired) electrons. The van der Waals surface area contributed by atoms with Gasteiger partial charge in [0.2, 0.25) is 0 Å². The second-order valence-corrected chi connectivity index (χ2v) is 7.32. The van der Waals surface area contributed by atoms with Crippen LogP contribution >= 0.6 is 15.9 Å². The van der Waals surface area contributed by atoms with Crippen molar-refractivity contribution in [2.45, 2.75) is 73.4 Å². The van der Waals surface area contributed by atoms with Crippen LogP contribution in [0.2, 0.25) is 0 Å². The average molecular weight is 344 g/mol. The van der Waals surface area contributed by atoms with Gasteiger partial charge in [0.1, 0.15) is 0 Å². The summed E-state index contributed by atoms with van der Waals surface area (Å²) in [4.78, 5) is 0. The van der Waals surface area contributed by atoms with Crippen molar-refractivity contribution < 1.29 is 0 Å². The third-order valence-corrected chi connectivity index (χ3v) is 4.89. The quantitative estimate of drug-likeness (QED) is 0.798. The SMILES string of the molecule is CCNC(CCCc1c(Br)c(C)nn1CC)C(C)(C)C. The van der Waals surface area contributed by atoms with Crippen molar-refractivity contribution in [3.63, 3.8) is 0 Å². The topological polar surface area (TPSA) is 29.9 Å². The van der Waals surface area contributed by atoms with Crippen LogP contribution in [0.25, 0.3) is 0 Å². The molecule has 1 unspecified atom stereocenters. The number of aryl methyl sites for hydroxylation is 2. The molecular weight excluding hydrogens is 314 g/mol.